The molecule has 1 amide bonds. The summed E-state index contributed by atoms with van der Waals surface area (Å²) < 4.78 is 0. The third-order valence-electron chi connectivity index (χ3n) is 5.16. The van der Waals surface area contributed by atoms with E-state index in [1.165, 1.54) is 0 Å². The van der Waals surface area contributed by atoms with Crippen LogP contribution >= 0.6 is 23.2 Å². The number of hydrogen-bond acceptors (Lipinski definition) is 4. The second-order valence-electron chi connectivity index (χ2n) is 7.14. The lowest BCUT2D eigenvalue weighted by molar-refractivity contribution is 0.0706. The van der Waals surface area contributed by atoms with Gasteiger partial charge in [-0.05, 0) is 48.7 Å². The maximum absolute atomic E-state index is 13.0. The smallest absolute Gasteiger partial charge is 0.273 e. The quantitative estimate of drug-likeness (QED) is 0.575. The Morgan fingerprint density at radius 3 is 2.62 bits per heavy atom. The highest BCUT2D eigenvalue weighted by molar-refractivity contribution is 6.42. The summed E-state index contributed by atoms with van der Waals surface area (Å²) >= 11 is 12.3. The topological polar surface area (TPSA) is 89.5 Å². The van der Waals surface area contributed by atoms with Crippen LogP contribution in [0.5, 0.6) is 5.75 Å². The molecular weight excluding hydrogens is 413 g/mol. The van der Waals surface area contributed by atoms with Crippen molar-refractivity contribution in [3.8, 4) is 17.0 Å². The molecule has 150 valence electrons. The van der Waals surface area contributed by atoms with Gasteiger partial charge in [-0.3, -0.25) is 9.89 Å². The number of fused-ring (bicyclic) bond motifs is 1. The first-order valence-electron chi connectivity index (χ1n) is 9.09. The van der Waals surface area contributed by atoms with Gasteiger partial charge in [-0.1, -0.05) is 35.3 Å². The highest BCUT2D eigenvalue weighted by atomic mass is 35.5. The molecule has 1 aromatic heterocycles. The minimum absolute atomic E-state index is 0.117. The molecule has 8 heteroatoms. The van der Waals surface area contributed by atoms with E-state index in [0.717, 1.165) is 16.7 Å². The number of hydrogen-bond donors (Lipinski definition) is 3. The molecule has 0 saturated heterocycles. The third kappa shape index (κ3) is 3.17. The number of phenolic OH excluding ortho intramolecular Hbond substituents is 1. The lowest BCUT2D eigenvalue weighted by atomic mass is 9.94. The minimum Gasteiger partial charge on any atom is -0.507 e. The molecule has 3 aromatic rings. The van der Waals surface area contributed by atoms with Crippen molar-refractivity contribution in [2.24, 2.45) is 0 Å². The summed E-state index contributed by atoms with van der Waals surface area (Å²) in [5.41, 5.74) is 4.45. The van der Waals surface area contributed by atoms with Gasteiger partial charge in [-0.25, -0.2) is 0 Å². The van der Waals surface area contributed by atoms with Crippen molar-refractivity contribution in [3.63, 3.8) is 0 Å². The molecule has 0 spiro atoms. The third-order valence-corrected chi connectivity index (χ3v) is 5.90. The van der Waals surface area contributed by atoms with Gasteiger partial charge in [-0.15, -0.1) is 0 Å². The zero-order valence-corrected chi connectivity index (χ0v) is 17.3. The lowest BCUT2D eigenvalue weighted by Crippen LogP contribution is -2.32. The number of β-amino-alcohol motifs (C(OH)–C–C–N with tert-alkyl or cyclic N) is 1. The van der Waals surface area contributed by atoms with Gasteiger partial charge in [0.2, 0.25) is 0 Å². The number of aliphatic hydroxyl groups excluding tert-OH is 1. The molecule has 0 saturated carbocycles. The fourth-order valence-corrected chi connectivity index (χ4v) is 4.22. The molecule has 0 bridgehead atoms. The van der Waals surface area contributed by atoms with E-state index in [4.69, 9.17) is 23.2 Å². The number of phenols is 1. The van der Waals surface area contributed by atoms with Crippen molar-refractivity contribution in [2.75, 3.05) is 13.2 Å². The summed E-state index contributed by atoms with van der Waals surface area (Å²) in [5, 5.41) is 28.1. The molecular formula is C21H19Cl2N3O3. The van der Waals surface area contributed by atoms with Gasteiger partial charge >= 0.3 is 0 Å². The van der Waals surface area contributed by atoms with Crippen molar-refractivity contribution >= 4 is 29.1 Å². The number of rotatable bonds is 4. The first kappa shape index (κ1) is 19.8. The van der Waals surface area contributed by atoms with E-state index >= 15 is 0 Å². The van der Waals surface area contributed by atoms with E-state index in [9.17, 15) is 15.0 Å². The van der Waals surface area contributed by atoms with Crippen molar-refractivity contribution < 1.29 is 15.0 Å². The Labute approximate surface area is 177 Å². The second-order valence-corrected chi connectivity index (χ2v) is 7.95. The SMILES string of the molecule is Cc1cc(C)c(O)c(-c2n[nH]c3c2C(c2ccc(Cl)c(Cl)c2)N(CCO)C3=O)c1. The van der Waals surface area contributed by atoms with Gasteiger partial charge in [0.1, 0.15) is 17.1 Å². The van der Waals surface area contributed by atoms with Gasteiger partial charge in [0.25, 0.3) is 5.91 Å². The molecule has 1 unspecified atom stereocenters. The molecule has 3 N–H and O–H groups in total. The van der Waals surface area contributed by atoms with Gasteiger partial charge in [-0.2, -0.15) is 5.10 Å². The molecule has 2 heterocycles. The highest BCUT2D eigenvalue weighted by Gasteiger charge is 2.42. The van der Waals surface area contributed by atoms with Crippen LogP contribution in [-0.2, 0) is 0 Å². The van der Waals surface area contributed by atoms with Crippen LogP contribution < -0.4 is 0 Å². The van der Waals surface area contributed by atoms with Gasteiger partial charge in [0, 0.05) is 17.7 Å². The molecule has 2 aromatic carbocycles. The monoisotopic (exact) mass is 431 g/mol. The molecule has 1 atom stereocenters. The number of carbonyl (C=O) groups excluding carboxylic acids is 1. The maximum atomic E-state index is 13.0. The van der Waals surface area contributed by atoms with Crippen LogP contribution in [0, 0.1) is 13.8 Å². The Balaban J connectivity index is 1.95. The van der Waals surface area contributed by atoms with E-state index in [2.05, 4.69) is 10.2 Å². The molecule has 1 aliphatic rings. The number of halogens is 2. The minimum atomic E-state index is -0.520. The van der Waals surface area contributed by atoms with Gasteiger partial charge in [0.05, 0.1) is 22.7 Å². The number of aromatic hydroxyl groups is 1. The standard InChI is InChI=1S/C21H19Cl2N3O3/c1-10-7-11(2)20(28)13(8-10)17-16-18(25-24-17)21(29)26(5-6-27)19(16)12-3-4-14(22)15(23)9-12/h3-4,7-9,19,27-28H,5-6H2,1-2H3,(H,24,25). The number of carbonyl (C=O) groups is 1. The molecule has 29 heavy (non-hydrogen) atoms. The Bertz CT molecular complexity index is 1130. The number of aromatic nitrogens is 2. The summed E-state index contributed by atoms with van der Waals surface area (Å²) in [6.45, 7) is 3.71. The van der Waals surface area contributed by atoms with Crippen molar-refractivity contribution in [2.45, 2.75) is 19.9 Å². The average molecular weight is 432 g/mol. The van der Waals surface area contributed by atoms with Gasteiger partial charge < -0.3 is 15.1 Å². The van der Waals surface area contributed by atoms with Crippen LogP contribution in [0.25, 0.3) is 11.3 Å². The van der Waals surface area contributed by atoms with Crippen molar-refractivity contribution in [1.82, 2.24) is 15.1 Å². The number of aliphatic hydroxyl groups is 1. The van der Waals surface area contributed by atoms with Crippen LogP contribution in [0.3, 0.4) is 0 Å². The van der Waals surface area contributed by atoms with Crippen LogP contribution in [0.15, 0.2) is 30.3 Å². The van der Waals surface area contributed by atoms with Gasteiger partial charge in [0.15, 0.2) is 0 Å². The molecule has 0 aliphatic carbocycles. The summed E-state index contributed by atoms with van der Waals surface area (Å²) in [6.07, 6.45) is 0. The Morgan fingerprint density at radius 2 is 1.93 bits per heavy atom. The van der Waals surface area contributed by atoms with Crippen LogP contribution in [0.4, 0.5) is 0 Å². The number of amides is 1. The van der Waals surface area contributed by atoms with E-state index in [1.54, 1.807) is 23.1 Å². The molecule has 0 fully saturated rings. The Morgan fingerprint density at radius 1 is 1.17 bits per heavy atom. The highest BCUT2D eigenvalue weighted by Crippen LogP contribution is 2.45. The van der Waals surface area contributed by atoms with E-state index in [0.29, 0.717) is 32.6 Å². The number of H-pyrrole nitrogens is 1. The number of nitrogens with one attached hydrogen (secondary N) is 1. The maximum Gasteiger partial charge on any atom is 0.273 e. The van der Waals surface area contributed by atoms with Crippen molar-refractivity contribution in [3.05, 3.63) is 68.3 Å². The molecule has 6 nitrogen and oxygen atoms in total. The van der Waals surface area contributed by atoms with E-state index in [1.807, 2.05) is 26.0 Å². The summed E-state index contributed by atoms with van der Waals surface area (Å²) in [6, 6.07) is 8.37. The summed E-state index contributed by atoms with van der Waals surface area (Å²) in [7, 11) is 0. The van der Waals surface area contributed by atoms with E-state index < -0.39 is 6.04 Å². The Kier molecular flexibility index (Phi) is 5.02. The average Bonchev–Trinajstić information content (AvgIpc) is 3.21. The fourth-order valence-electron chi connectivity index (χ4n) is 3.91. The fraction of sp³-hybridized carbons (Fsp3) is 0.238. The summed E-state index contributed by atoms with van der Waals surface area (Å²) in [4.78, 5) is 14.6. The first-order valence-corrected chi connectivity index (χ1v) is 9.84. The number of nitrogens with zero attached hydrogens (tertiary/aromatic N) is 2. The predicted octanol–water partition coefficient (Wildman–Crippen LogP) is 4.24. The zero-order valence-electron chi connectivity index (χ0n) is 15.8. The van der Waals surface area contributed by atoms with Crippen LogP contribution in [-0.4, -0.2) is 44.4 Å². The second kappa shape index (κ2) is 7.37. The van der Waals surface area contributed by atoms with Crippen LogP contribution in [0.2, 0.25) is 10.0 Å². The van der Waals surface area contributed by atoms with Crippen molar-refractivity contribution in [1.29, 1.82) is 0 Å². The number of aromatic amines is 1. The molecule has 0 radical (unpaired) electrons. The predicted molar refractivity (Wildman–Crippen MR) is 112 cm³/mol. The Hall–Kier alpha value is -2.54. The van der Waals surface area contributed by atoms with Crippen LogP contribution in [0.1, 0.15) is 38.8 Å². The first-order chi connectivity index (χ1) is 13.8. The summed E-state index contributed by atoms with van der Waals surface area (Å²) in [5.74, 6) is -0.154. The number of benzene rings is 2. The van der Waals surface area contributed by atoms with E-state index in [-0.39, 0.29) is 24.8 Å². The normalized spacial score (nSPS) is 15.8. The molecule has 1 aliphatic heterocycles. The molecule has 4 rings (SSSR count). The lowest BCUT2D eigenvalue weighted by Gasteiger charge is -2.26. The largest absolute Gasteiger partial charge is 0.507 e. The number of aryl methyl sites for hydroxylation is 2. The zero-order chi connectivity index (χ0) is 20.9.